The highest BCUT2D eigenvalue weighted by atomic mass is 16.2. The highest BCUT2D eigenvalue weighted by Gasteiger charge is 2.21. The van der Waals surface area contributed by atoms with E-state index in [2.05, 4.69) is 27.2 Å². The summed E-state index contributed by atoms with van der Waals surface area (Å²) in [5.74, 6) is 0.686. The Bertz CT molecular complexity index is 502. The Kier molecular flexibility index (Phi) is 5.43. The smallest absolute Gasteiger partial charge is 0.257 e. The van der Waals surface area contributed by atoms with Crippen molar-refractivity contribution in [2.45, 2.75) is 44.6 Å². The number of aromatic nitrogens is 2. The lowest BCUT2D eigenvalue weighted by Gasteiger charge is -2.32. The van der Waals surface area contributed by atoms with Crippen molar-refractivity contribution in [1.29, 1.82) is 0 Å². The molecule has 6 heteroatoms. The van der Waals surface area contributed by atoms with Crippen LogP contribution in [0.2, 0.25) is 0 Å². The minimum atomic E-state index is 0.0408. The summed E-state index contributed by atoms with van der Waals surface area (Å²) in [5.41, 5.74) is 0.584. The minimum Gasteiger partial charge on any atom is -0.351 e. The summed E-state index contributed by atoms with van der Waals surface area (Å²) >= 11 is 0. The van der Waals surface area contributed by atoms with Crippen LogP contribution in [0.3, 0.4) is 0 Å². The number of piperazine rings is 1. The monoisotopic (exact) mass is 317 g/mol. The van der Waals surface area contributed by atoms with Gasteiger partial charge in [-0.3, -0.25) is 4.79 Å². The predicted octanol–water partition coefficient (Wildman–Crippen LogP) is 2.00. The topological polar surface area (TPSA) is 61.4 Å². The van der Waals surface area contributed by atoms with Crippen LogP contribution in [0.5, 0.6) is 0 Å². The van der Waals surface area contributed by atoms with Crippen molar-refractivity contribution in [3.8, 4) is 0 Å². The Morgan fingerprint density at radius 1 is 1.04 bits per heavy atom. The zero-order valence-corrected chi connectivity index (χ0v) is 14.0. The second-order valence-electron chi connectivity index (χ2n) is 6.72. The molecule has 0 bridgehead atoms. The Balaban J connectivity index is 1.56. The maximum Gasteiger partial charge on any atom is 0.257 e. The molecule has 2 heterocycles. The Hall–Kier alpha value is -1.69. The molecule has 2 fully saturated rings. The molecule has 1 amide bonds. The van der Waals surface area contributed by atoms with E-state index in [0.717, 1.165) is 26.2 Å². The lowest BCUT2D eigenvalue weighted by atomic mass is 10.1. The lowest BCUT2D eigenvalue weighted by Crippen LogP contribution is -2.47. The zero-order valence-electron chi connectivity index (χ0n) is 14.0. The zero-order chi connectivity index (χ0) is 16.1. The molecule has 0 spiro atoms. The van der Waals surface area contributed by atoms with Crippen LogP contribution >= 0.6 is 0 Å². The average Bonchev–Trinajstić information content (AvgIpc) is 2.84. The minimum absolute atomic E-state index is 0.0408. The van der Waals surface area contributed by atoms with Crippen LogP contribution in [-0.2, 0) is 0 Å². The number of anilines is 1. The fraction of sp³-hybridized carbons (Fsp3) is 0.706. The molecule has 0 aromatic carbocycles. The fourth-order valence-corrected chi connectivity index (χ4v) is 3.31. The number of nitrogens with one attached hydrogen (secondary N) is 1. The third-order valence-corrected chi connectivity index (χ3v) is 4.88. The molecule has 0 unspecified atom stereocenters. The van der Waals surface area contributed by atoms with Crippen molar-refractivity contribution >= 4 is 11.9 Å². The number of rotatable bonds is 3. The van der Waals surface area contributed by atoms with Crippen molar-refractivity contribution in [3.63, 3.8) is 0 Å². The van der Waals surface area contributed by atoms with E-state index in [-0.39, 0.29) is 5.91 Å². The molecular formula is C17H27N5O. The standard InChI is InChI=1S/C17H27N5O/c1-21-8-10-22(11-9-21)16(23)14-12-18-17(19-13-14)20-15-6-4-2-3-5-7-15/h12-13,15H,2-11H2,1H3,(H,18,19,20). The molecule has 1 aromatic heterocycles. The number of amides is 1. The Morgan fingerprint density at radius 2 is 1.65 bits per heavy atom. The van der Waals surface area contributed by atoms with E-state index in [1.807, 2.05) is 4.90 Å². The summed E-state index contributed by atoms with van der Waals surface area (Å²) in [6, 6.07) is 0.469. The number of nitrogens with zero attached hydrogens (tertiary/aromatic N) is 4. The molecule has 1 N–H and O–H groups in total. The molecular weight excluding hydrogens is 290 g/mol. The third-order valence-electron chi connectivity index (χ3n) is 4.88. The fourth-order valence-electron chi connectivity index (χ4n) is 3.31. The number of hydrogen-bond donors (Lipinski definition) is 1. The van der Waals surface area contributed by atoms with Gasteiger partial charge in [-0.25, -0.2) is 9.97 Å². The first kappa shape index (κ1) is 16.2. The van der Waals surface area contributed by atoms with Crippen molar-refractivity contribution in [1.82, 2.24) is 19.8 Å². The van der Waals surface area contributed by atoms with Crippen LogP contribution in [0, 0.1) is 0 Å². The quantitative estimate of drug-likeness (QED) is 0.864. The molecule has 126 valence electrons. The summed E-state index contributed by atoms with van der Waals surface area (Å²) in [4.78, 5) is 25.3. The molecule has 1 saturated heterocycles. The van der Waals surface area contributed by atoms with Crippen LogP contribution in [-0.4, -0.2) is 64.9 Å². The van der Waals surface area contributed by atoms with Crippen molar-refractivity contribution in [3.05, 3.63) is 18.0 Å². The van der Waals surface area contributed by atoms with Crippen molar-refractivity contribution in [2.75, 3.05) is 38.5 Å². The summed E-state index contributed by atoms with van der Waals surface area (Å²) in [6.07, 6.45) is 10.9. The summed E-state index contributed by atoms with van der Waals surface area (Å²) in [7, 11) is 2.08. The molecule has 1 aliphatic carbocycles. The third kappa shape index (κ3) is 4.41. The van der Waals surface area contributed by atoms with Gasteiger partial charge in [0.15, 0.2) is 0 Å². The van der Waals surface area contributed by atoms with E-state index in [4.69, 9.17) is 0 Å². The van der Waals surface area contributed by atoms with Gasteiger partial charge in [-0.1, -0.05) is 25.7 Å². The highest BCUT2D eigenvalue weighted by molar-refractivity contribution is 5.93. The van der Waals surface area contributed by atoms with Crippen LogP contribution in [0.4, 0.5) is 5.95 Å². The van der Waals surface area contributed by atoms with Crippen molar-refractivity contribution in [2.24, 2.45) is 0 Å². The van der Waals surface area contributed by atoms with Crippen molar-refractivity contribution < 1.29 is 4.79 Å². The molecule has 2 aliphatic rings. The summed E-state index contributed by atoms with van der Waals surface area (Å²) < 4.78 is 0. The SMILES string of the molecule is CN1CCN(C(=O)c2cnc(NC3CCCCCC3)nc2)CC1. The van der Waals surface area contributed by atoms with Gasteiger partial charge < -0.3 is 15.1 Å². The number of likely N-dealkylation sites (N-methyl/N-ethyl adjacent to an activating group) is 1. The van der Waals surface area contributed by atoms with E-state index < -0.39 is 0 Å². The Morgan fingerprint density at radius 3 is 2.26 bits per heavy atom. The average molecular weight is 317 g/mol. The highest BCUT2D eigenvalue weighted by Crippen LogP contribution is 2.19. The lowest BCUT2D eigenvalue weighted by molar-refractivity contribution is 0.0663. The van der Waals surface area contributed by atoms with Gasteiger partial charge in [0.25, 0.3) is 5.91 Å². The molecule has 0 atom stereocenters. The van der Waals surface area contributed by atoms with Crippen LogP contribution in [0.1, 0.15) is 48.9 Å². The molecule has 1 aliphatic heterocycles. The van der Waals surface area contributed by atoms with Crippen LogP contribution < -0.4 is 5.32 Å². The summed E-state index contributed by atoms with van der Waals surface area (Å²) in [6.45, 7) is 3.40. The first-order valence-electron chi connectivity index (χ1n) is 8.79. The number of carbonyl (C=O) groups is 1. The second-order valence-corrected chi connectivity index (χ2v) is 6.72. The van der Waals surface area contributed by atoms with E-state index in [1.165, 1.54) is 38.5 Å². The number of hydrogen-bond acceptors (Lipinski definition) is 5. The molecule has 6 nitrogen and oxygen atoms in total. The van der Waals surface area contributed by atoms with Gasteiger partial charge in [-0.15, -0.1) is 0 Å². The Labute approximate surface area is 138 Å². The van der Waals surface area contributed by atoms with E-state index in [9.17, 15) is 4.79 Å². The predicted molar refractivity (Wildman–Crippen MR) is 90.5 cm³/mol. The van der Waals surface area contributed by atoms with Gasteiger partial charge in [0.2, 0.25) is 5.95 Å². The number of carbonyl (C=O) groups excluding carboxylic acids is 1. The molecule has 0 radical (unpaired) electrons. The van der Waals surface area contributed by atoms with Gasteiger partial charge >= 0.3 is 0 Å². The van der Waals surface area contributed by atoms with E-state index >= 15 is 0 Å². The molecule has 1 saturated carbocycles. The van der Waals surface area contributed by atoms with E-state index in [1.54, 1.807) is 12.4 Å². The van der Waals surface area contributed by atoms with Crippen LogP contribution in [0.15, 0.2) is 12.4 Å². The largest absolute Gasteiger partial charge is 0.351 e. The molecule has 1 aromatic rings. The van der Waals surface area contributed by atoms with Gasteiger partial charge in [0.1, 0.15) is 0 Å². The van der Waals surface area contributed by atoms with Crippen LogP contribution in [0.25, 0.3) is 0 Å². The first-order valence-corrected chi connectivity index (χ1v) is 8.79. The molecule has 23 heavy (non-hydrogen) atoms. The van der Waals surface area contributed by atoms with Gasteiger partial charge in [-0.2, -0.15) is 0 Å². The molecule has 3 rings (SSSR count). The second kappa shape index (κ2) is 7.73. The first-order chi connectivity index (χ1) is 11.2. The van der Waals surface area contributed by atoms with Gasteiger partial charge in [0, 0.05) is 44.6 Å². The summed E-state index contributed by atoms with van der Waals surface area (Å²) in [5, 5.41) is 3.42. The van der Waals surface area contributed by atoms with Gasteiger partial charge in [-0.05, 0) is 19.9 Å². The van der Waals surface area contributed by atoms with E-state index in [0.29, 0.717) is 17.6 Å². The maximum absolute atomic E-state index is 12.5. The normalized spacial score (nSPS) is 21.0. The maximum atomic E-state index is 12.5. The van der Waals surface area contributed by atoms with Gasteiger partial charge in [0.05, 0.1) is 5.56 Å².